The molecule has 1 aliphatic rings. The van der Waals surface area contributed by atoms with Crippen molar-refractivity contribution in [1.29, 1.82) is 0 Å². The number of H-pyrrole nitrogens is 1. The first-order valence-electron chi connectivity index (χ1n) is 17.9. The van der Waals surface area contributed by atoms with Crippen LogP contribution in [0.3, 0.4) is 0 Å². The molecule has 0 saturated carbocycles. The van der Waals surface area contributed by atoms with E-state index in [2.05, 4.69) is 55.9 Å². The zero-order chi connectivity index (χ0) is 35.7. The fourth-order valence-corrected chi connectivity index (χ4v) is 5.20. The lowest BCUT2D eigenvalue weighted by Crippen LogP contribution is -2.37. The largest absolute Gasteiger partial charge is 0.469 e. The molecule has 13 nitrogen and oxygen atoms in total. The predicted octanol–water partition coefficient (Wildman–Crippen LogP) is 4.64. The monoisotopic (exact) mass is 694 g/mol. The number of nitrogens with one attached hydrogen (secondary N) is 1. The number of aromatic amines is 1. The Labute approximate surface area is 282 Å². The first-order chi connectivity index (χ1) is 22.4. The number of hydrogen-bond donors (Lipinski definition) is 5. The quantitative estimate of drug-likeness (QED) is 0.107. The molecule has 0 bridgehead atoms. The number of unbranched alkanes of at least 4 members (excludes halogenated alkanes) is 6. The molecule has 1 aromatic rings. The standard InChI is InChI=1S/2C12H27N.C9H13N2O9P/c2*1-4-7-10-13(11-8-5-2)12-9-6-3;12-5-1-2-11(9(15)10-5)8-7(14)6(13)4(20-8)3-19-21(16,17)18/h2*4-12H2,1-3H3;1-2,4,6-8,13-14H,3H2,(H,10,12,15)(H2,16,17,18). The summed E-state index contributed by atoms with van der Waals surface area (Å²) in [5.74, 6) is 0. The molecule has 0 radical (unpaired) electrons. The molecule has 1 aromatic heterocycles. The maximum absolute atomic E-state index is 11.6. The normalized spacial score (nSPS) is 19.4. The van der Waals surface area contributed by atoms with Crippen molar-refractivity contribution in [3.8, 4) is 0 Å². The van der Waals surface area contributed by atoms with Gasteiger partial charge in [-0.25, -0.2) is 9.36 Å². The van der Waals surface area contributed by atoms with E-state index >= 15 is 0 Å². The van der Waals surface area contributed by atoms with Crippen molar-refractivity contribution in [2.45, 2.75) is 143 Å². The van der Waals surface area contributed by atoms with E-state index in [0.29, 0.717) is 0 Å². The van der Waals surface area contributed by atoms with Gasteiger partial charge in [0, 0.05) is 12.3 Å². The minimum atomic E-state index is -4.76. The number of hydrogen-bond acceptors (Lipinski definition) is 9. The fraction of sp³-hybridized carbons (Fsp3) is 0.879. The van der Waals surface area contributed by atoms with Crippen LogP contribution in [0.4, 0.5) is 0 Å². The van der Waals surface area contributed by atoms with Gasteiger partial charge in [0.15, 0.2) is 6.23 Å². The van der Waals surface area contributed by atoms with Crippen LogP contribution in [0.15, 0.2) is 21.9 Å². The predicted molar refractivity (Wildman–Crippen MR) is 188 cm³/mol. The molecule has 2 rings (SSSR count). The van der Waals surface area contributed by atoms with Crippen LogP contribution in [0.2, 0.25) is 0 Å². The highest BCUT2D eigenvalue weighted by molar-refractivity contribution is 7.46. The molecular formula is C33H67N4O9P. The Bertz CT molecular complexity index is 989. The van der Waals surface area contributed by atoms with Gasteiger partial charge in [-0.05, 0) is 77.8 Å². The van der Waals surface area contributed by atoms with Crippen LogP contribution in [0.1, 0.15) is 125 Å². The van der Waals surface area contributed by atoms with Crippen LogP contribution in [0.25, 0.3) is 0 Å². The molecule has 1 fully saturated rings. The molecule has 0 aliphatic carbocycles. The summed E-state index contributed by atoms with van der Waals surface area (Å²) in [6, 6.07) is 1.02. The van der Waals surface area contributed by atoms with Gasteiger partial charge in [0.1, 0.15) is 18.3 Å². The SMILES string of the molecule is CCCCN(CCCC)CCCC.CCCCN(CCCC)CCCC.O=c1ccn(C2OC(COP(=O)(O)O)C(O)C2O)c(=O)[nH]1. The first-order valence-corrected chi connectivity index (χ1v) is 19.4. The third kappa shape index (κ3) is 21.3. The van der Waals surface area contributed by atoms with Crippen LogP contribution < -0.4 is 11.2 Å². The van der Waals surface area contributed by atoms with Gasteiger partial charge in [-0.2, -0.15) is 0 Å². The number of aliphatic hydroxyl groups is 2. The molecule has 0 amide bonds. The van der Waals surface area contributed by atoms with Gasteiger partial charge in [0.2, 0.25) is 0 Å². The molecule has 2 heterocycles. The molecule has 4 atom stereocenters. The van der Waals surface area contributed by atoms with Gasteiger partial charge in [-0.15, -0.1) is 0 Å². The summed E-state index contributed by atoms with van der Waals surface area (Å²) in [6.07, 6.45) is 11.6. The summed E-state index contributed by atoms with van der Waals surface area (Å²) < 4.78 is 20.8. The van der Waals surface area contributed by atoms with Crippen LogP contribution in [-0.4, -0.2) is 104 Å². The second-order valence-electron chi connectivity index (χ2n) is 12.2. The summed E-state index contributed by atoms with van der Waals surface area (Å²) >= 11 is 0. The Morgan fingerprint density at radius 3 is 1.45 bits per heavy atom. The molecule has 0 spiro atoms. The van der Waals surface area contributed by atoms with Gasteiger partial charge in [-0.3, -0.25) is 18.9 Å². The maximum atomic E-state index is 11.6. The third-order valence-electron chi connectivity index (χ3n) is 7.84. The van der Waals surface area contributed by atoms with Crippen LogP contribution in [0.5, 0.6) is 0 Å². The van der Waals surface area contributed by atoms with Crippen LogP contribution in [0, 0.1) is 0 Å². The Balaban J connectivity index is 0.000000714. The number of aliphatic hydroxyl groups excluding tert-OH is 2. The van der Waals surface area contributed by atoms with Gasteiger partial charge in [0.05, 0.1) is 6.61 Å². The van der Waals surface area contributed by atoms with Crippen molar-refractivity contribution in [1.82, 2.24) is 19.4 Å². The van der Waals surface area contributed by atoms with E-state index in [4.69, 9.17) is 14.5 Å². The lowest BCUT2D eigenvalue weighted by Gasteiger charge is -2.21. The fourth-order valence-electron chi connectivity index (χ4n) is 4.86. The van der Waals surface area contributed by atoms with Crippen LogP contribution in [-0.2, 0) is 13.8 Å². The first kappa shape index (κ1) is 45.6. The molecule has 5 N–H and O–H groups in total. The van der Waals surface area contributed by atoms with Crippen molar-refractivity contribution in [2.24, 2.45) is 0 Å². The van der Waals surface area contributed by atoms with E-state index in [1.165, 1.54) is 116 Å². The molecule has 278 valence electrons. The van der Waals surface area contributed by atoms with Gasteiger partial charge in [0.25, 0.3) is 5.56 Å². The zero-order valence-electron chi connectivity index (χ0n) is 30.0. The number of rotatable bonds is 22. The lowest BCUT2D eigenvalue weighted by atomic mass is 10.1. The van der Waals surface area contributed by atoms with Crippen molar-refractivity contribution in [3.05, 3.63) is 33.1 Å². The highest BCUT2D eigenvalue weighted by atomic mass is 31.2. The second kappa shape index (κ2) is 27.4. The third-order valence-corrected chi connectivity index (χ3v) is 8.32. The summed E-state index contributed by atoms with van der Waals surface area (Å²) in [5, 5.41) is 19.6. The lowest BCUT2D eigenvalue weighted by molar-refractivity contribution is -0.0543. The number of aromatic nitrogens is 2. The average Bonchev–Trinajstić information content (AvgIpc) is 3.32. The summed E-state index contributed by atoms with van der Waals surface area (Å²) in [5.41, 5.74) is -1.51. The maximum Gasteiger partial charge on any atom is 0.469 e. The van der Waals surface area contributed by atoms with Crippen molar-refractivity contribution in [3.63, 3.8) is 0 Å². The zero-order valence-corrected chi connectivity index (χ0v) is 30.9. The van der Waals surface area contributed by atoms with E-state index < -0.39 is 50.2 Å². The Kier molecular flexibility index (Phi) is 26.6. The summed E-state index contributed by atoms with van der Waals surface area (Å²) in [4.78, 5) is 46.9. The molecule has 0 aromatic carbocycles. The van der Waals surface area contributed by atoms with Crippen molar-refractivity contribution in [2.75, 3.05) is 45.9 Å². The van der Waals surface area contributed by atoms with Crippen molar-refractivity contribution >= 4 is 7.82 Å². The van der Waals surface area contributed by atoms with E-state index in [9.17, 15) is 24.4 Å². The van der Waals surface area contributed by atoms with Crippen molar-refractivity contribution < 1.29 is 33.8 Å². The minimum absolute atomic E-state index is 0.648. The number of ether oxygens (including phenoxy) is 1. The topological polar surface area (TPSA) is 178 Å². The van der Waals surface area contributed by atoms with E-state index in [-0.39, 0.29) is 0 Å². The highest BCUT2D eigenvalue weighted by Crippen LogP contribution is 2.38. The van der Waals surface area contributed by atoms with E-state index in [1.807, 2.05) is 4.98 Å². The molecule has 1 aliphatic heterocycles. The average molecular weight is 695 g/mol. The Morgan fingerprint density at radius 2 is 1.13 bits per heavy atom. The van der Waals surface area contributed by atoms with E-state index in [0.717, 1.165) is 16.8 Å². The van der Waals surface area contributed by atoms with E-state index in [1.54, 1.807) is 0 Å². The summed E-state index contributed by atoms with van der Waals surface area (Å²) in [6.45, 7) is 20.9. The van der Waals surface area contributed by atoms with Gasteiger partial charge < -0.3 is 34.5 Å². The van der Waals surface area contributed by atoms with Gasteiger partial charge >= 0.3 is 13.5 Å². The summed E-state index contributed by atoms with van der Waals surface area (Å²) in [7, 11) is -4.76. The molecule has 14 heteroatoms. The number of phosphoric acid groups is 1. The number of phosphoric ester groups is 1. The Morgan fingerprint density at radius 1 is 0.745 bits per heavy atom. The minimum Gasteiger partial charge on any atom is -0.387 e. The molecule has 4 unspecified atom stereocenters. The highest BCUT2D eigenvalue weighted by Gasteiger charge is 2.44. The molecular weight excluding hydrogens is 627 g/mol. The smallest absolute Gasteiger partial charge is 0.387 e. The molecule has 47 heavy (non-hydrogen) atoms. The van der Waals surface area contributed by atoms with Crippen LogP contribution >= 0.6 is 7.82 Å². The van der Waals surface area contributed by atoms with Gasteiger partial charge in [-0.1, -0.05) is 80.1 Å². The number of nitrogens with zero attached hydrogens (tertiary/aromatic N) is 3. The second-order valence-corrected chi connectivity index (χ2v) is 13.4. The molecule has 1 saturated heterocycles. The Hall–Kier alpha value is -1.41.